The maximum Gasteiger partial charge on any atom is 0.166 e. The van der Waals surface area contributed by atoms with Gasteiger partial charge < -0.3 is 15.4 Å². The molecular weight excluding hydrogens is 280 g/mol. The highest BCUT2D eigenvalue weighted by atomic mass is 32.1. The van der Waals surface area contributed by atoms with E-state index in [2.05, 4.69) is 55.7 Å². The minimum absolute atomic E-state index is 0.258. The summed E-state index contributed by atoms with van der Waals surface area (Å²) in [6.07, 6.45) is 1.96. The molecule has 1 atom stereocenters. The lowest BCUT2D eigenvalue weighted by Gasteiger charge is -2.20. The third-order valence-corrected chi connectivity index (χ3v) is 3.79. The lowest BCUT2D eigenvalue weighted by molar-refractivity contribution is 0.195. The second kappa shape index (κ2) is 9.74. The second-order valence-electron chi connectivity index (χ2n) is 5.53. The van der Waals surface area contributed by atoms with Crippen LogP contribution in [0, 0.1) is 0 Å². The van der Waals surface area contributed by atoms with Gasteiger partial charge in [0.15, 0.2) is 5.11 Å². The second-order valence-corrected chi connectivity index (χ2v) is 5.94. The molecule has 21 heavy (non-hydrogen) atoms. The smallest absolute Gasteiger partial charge is 0.166 e. The van der Waals surface area contributed by atoms with Crippen LogP contribution in [0.15, 0.2) is 24.3 Å². The fourth-order valence-corrected chi connectivity index (χ4v) is 2.41. The van der Waals surface area contributed by atoms with Gasteiger partial charge in [-0.3, -0.25) is 0 Å². The number of hydrogen-bond donors (Lipinski definition) is 2. The van der Waals surface area contributed by atoms with Crippen molar-refractivity contribution in [1.29, 1.82) is 0 Å². The van der Waals surface area contributed by atoms with Crippen LogP contribution in [0.25, 0.3) is 0 Å². The Bertz CT molecular complexity index is 417. The van der Waals surface area contributed by atoms with Crippen LogP contribution in [0.4, 0.5) is 0 Å². The zero-order valence-corrected chi connectivity index (χ0v) is 14.4. The summed E-state index contributed by atoms with van der Waals surface area (Å²) in [5.74, 6) is 0.565. The van der Waals surface area contributed by atoms with Crippen LogP contribution in [-0.4, -0.2) is 25.4 Å². The average Bonchev–Trinajstić information content (AvgIpc) is 2.49. The van der Waals surface area contributed by atoms with Gasteiger partial charge in [0, 0.05) is 20.3 Å². The van der Waals surface area contributed by atoms with Gasteiger partial charge in [-0.15, -0.1) is 0 Å². The van der Waals surface area contributed by atoms with E-state index in [-0.39, 0.29) is 6.04 Å². The largest absolute Gasteiger partial charge is 0.385 e. The molecule has 0 aromatic heterocycles. The minimum Gasteiger partial charge on any atom is -0.385 e. The van der Waals surface area contributed by atoms with Gasteiger partial charge in [-0.1, -0.05) is 45.0 Å². The van der Waals surface area contributed by atoms with Crippen LogP contribution in [0.3, 0.4) is 0 Å². The minimum atomic E-state index is 0.258. The third kappa shape index (κ3) is 6.44. The summed E-state index contributed by atoms with van der Waals surface area (Å²) in [6, 6.07) is 9.07. The van der Waals surface area contributed by atoms with Crippen LogP contribution in [0.5, 0.6) is 0 Å². The molecule has 0 aliphatic rings. The first-order chi connectivity index (χ1) is 10.1. The Labute approximate surface area is 134 Å². The predicted octanol–water partition coefficient (Wildman–Crippen LogP) is 3.76. The Morgan fingerprint density at radius 3 is 2.33 bits per heavy atom. The molecule has 3 nitrogen and oxygen atoms in total. The molecular formula is C17H28N2OS. The van der Waals surface area contributed by atoms with Crippen molar-refractivity contribution in [3.05, 3.63) is 35.4 Å². The summed E-state index contributed by atoms with van der Waals surface area (Å²) < 4.78 is 5.02. The third-order valence-electron chi connectivity index (χ3n) is 3.53. The van der Waals surface area contributed by atoms with Crippen molar-refractivity contribution in [2.24, 2.45) is 0 Å². The summed E-state index contributed by atoms with van der Waals surface area (Å²) in [5, 5.41) is 7.32. The first-order valence-electron chi connectivity index (χ1n) is 7.71. The fourth-order valence-electron chi connectivity index (χ4n) is 2.16. The number of rotatable bonds is 8. The van der Waals surface area contributed by atoms with Crippen molar-refractivity contribution in [1.82, 2.24) is 10.6 Å². The van der Waals surface area contributed by atoms with Gasteiger partial charge in [0.1, 0.15) is 0 Å². The molecule has 4 heteroatoms. The summed E-state index contributed by atoms with van der Waals surface area (Å²) in [7, 11) is 1.71. The van der Waals surface area contributed by atoms with Crippen molar-refractivity contribution < 1.29 is 4.74 Å². The Morgan fingerprint density at radius 2 is 1.81 bits per heavy atom. The molecule has 0 fully saturated rings. The van der Waals surface area contributed by atoms with Crippen molar-refractivity contribution >= 4 is 17.3 Å². The van der Waals surface area contributed by atoms with Crippen molar-refractivity contribution in [3.63, 3.8) is 0 Å². The van der Waals surface area contributed by atoms with Crippen LogP contribution < -0.4 is 10.6 Å². The quantitative estimate of drug-likeness (QED) is 0.566. The molecule has 0 aliphatic heterocycles. The Kier molecular flexibility index (Phi) is 8.31. The van der Waals surface area contributed by atoms with E-state index in [1.165, 1.54) is 11.1 Å². The highest BCUT2D eigenvalue weighted by Crippen LogP contribution is 2.20. The van der Waals surface area contributed by atoms with Crippen molar-refractivity contribution in [2.75, 3.05) is 20.3 Å². The van der Waals surface area contributed by atoms with Gasteiger partial charge in [0.05, 0.1) is 6.04 Å². The van der Waals surface area contributed by atoms with Crippen LogP contribution in [0.2, 0.25) is 0 Å². The molecule has 0 heterocycles. The van der Waals surface area contributed by atoms with Crippen molar-refractivity contribution in [2.45, 2.75) is 45.6 Å². The summed E-state index contributed by atoms with van der Waals surface area (Å²) in [4.78, 5) is 0. The normalized spacial score (nSPS) is 12.2. The van der Waals surface area contributed by atoms with E-state index in [1.807, 2.05) is 0 Å². The van der Waals surface area contributed by atoms with E-state index in [9.17, 15) is 0 Å². The molecule has 0 amide bonds. The monoisotopic (exact) mass is 308 g/mol. The maximum atomic E-state index is 5.35. The molecule has 0 bridgehead atoms. The number of methoxy groups -OCH3 is 1. The molecule has 1 rings (SSSR count). The fraction of sp³-hybridized carbons (Fsp3) is 0.588. The van der Waals surface area contributed by atoms with Gasteiger partial charge >= 0.3 is 0 Å². The molecule has 0 saturated heterocycles. The molecule has 1 aromatic rings. The van der Waals surface area contributed by atoms with Gasteiger partial charge in [0.25, 0.3) is 0 Å². The topological polar surface area (TPSA) is 33.3 Å². The number of hydrogen-bond acceptors (Lipinski definition) is 2. The molecule has 2 N–H and O–H groups in total. The van der Waals surface area contributed by atoms with E-state index in [0.29, 0.717) is 11.0 Å². The van der Waals surface area contributed by atoms with E-state index in [1.54, 1.807) is 7.11 Å². The van der Waals surface area contributed by atoms with E-state index in [4.69, 9.17) is 17.0 Å². The van der Waals surface area contributed by atoms with Crippen LogP contribution >= 0.6 is 12.2 Å². The highest BCUT2D eigenvalue weighted by molar-refractivity contribution is 7.80. The SMILES string of the molecule is CCC(NC(=S)NCCCOC)c1ccc(C(C)C)cc1. The van der Waals surface area contributed by atoms with Gasteiger partial charge in [-0.25, -0.2) is 0 Å². The lowest BCUT2D eigenvalue weighted by Crippen LogP contribution is -2.38. The molecule has 0 saturated carbocycles. The number of ether oxygens (including phenoxy) is 1. The Morgan fingerprint density at radius 1 is 1.19 bits per heavy atom. The van der Waals surface area contributed by atoms with E-state index in [0.717, 1.165) is 26.0 Å². The first-order valence-corrected chi connectivity index (χ1v) is 8.12. The summed E-state index contributed by atoms with van der Waals surface area (Å²) in [5.41, 5.74) is 2.65. The zero-order chi connectivity index (χ0) is 15.7. The predicted molar refractivity (Wildman–Crippen MR) is 93.8 cm³/mol. The molecule has 1 aromatic carbocycles. The maximum absolute atomic E-state index is 5.35. The summed E-state index contributed by atoms with van der Waals surface area (Å²) >= 11 is 5.35. The molecule has 0 radical (unpaired) electrons. The molecule has 0 aliphatic carbocycles. The number of thiocarbonyl (C=S) groups is 1. The zero-order valence-electron chi connectivity index (χ0n) is 13.6. The summed E-state index contributed by atoms with van der Waals surface area (Å²) in [6.45, 7) is 8.18. The standard InChI is InChI=1S/C17H28N2OS/c1-5-16(19-17(21)18-11-6-12-20-4)15-9-7-14(8-10-15)13(2)3/h7-10,13,16H,5-6,11-12H2,1-4H3,(H2,18,19,21). The molecule has 0 spiro atoms. The van der Waals surface area contributed by atoms with Crippen LogP contribution in [-0.2, 0) is 4.74 Å². The highest BCUT2D eigenvalue weighted by Gasteiger charge is 2.10. The number of nitrogens with one attached hydrogen (secondary N) is 2. The average molecular weight is 308 g/mol. The molecule has 1 unspecified atom stereocenters. The first kappa shape index (κ1) is 17.9. The van der Waals surface area contributed by atoms with Crippen molar-refractivity contribution in [3.8, 4) is 0 Å². The van der Waals surface area contributed by atoms with E-state index >= 15 is 0 Å². The molecule has 118 valence electrons. The Hall–Kier alpha value is -1.13. The van der Waals surface area contributed by atoms with Crippen LogP contribution in [0.1, 0.15) is 56.7 Å². The van der Waals surface area contributed by atoms with Gasteiger partial charge in [0.2, 0.25) is 0 Å². The van der Waals surface area contributed by atoms with Gasteiger partial charge in [-0.05, 0) is 42.1 Å². The van der Waals surface area contributed by atoms with Gasteiger partial charge in [-0.2, -0.15) is 0 Å². The lowest BCUT2D eigenvalue weighted by atomic mass is 9.98. The number of benzene rings is 1. The van der Waals surface area contributed by atoms with E-state index < -0.39 is 0 Å². The Balaban J connectivity index is 2.52.